The lowest BCUT2D eigenvalue weighted by atomic mass is 10.1. The molecule has 1 aromatic rings. The SMILES string of the molecule is O=C(O)Cc1c(C(=O)N2CCCCC2)sc(Br)c1Br. The molecule has 0 spiro atoms. The van der Waals surface area contributed by atoms with Gasteiger partial charge in [0.1, 0.15) is 0 Å². The van der Waals surface area contributed by atoms with Crippen molar-refractivity contribution in [3.8, 4) is 0 Å². The number of carboxylic acid groups (broad SMARTS) is 1. The van der Waals surface area contributed by atoms with Gasteiger partial charge in [-0.15, -0.1) is 11.3 Å². The summed E-state index contributed by atoms with van der Waals surface area (Å²) < 4.78 is 1.45. The van der Waals surface area contributed by atoms with Gasteiger partial charge >= 0.3 is 5.97 Å². The fourth-order valence-corrected chi connectivity index (χ4v) is 4.48. The maximum atomic E-state index is 12.5. The zero-order valence-electron chi connectivity index (χ0n) is 10.1. The Labute approximate surface area is 132 Å². The lowest BCUT2D eigenvalue weighted by Crippen LogP contribution is -2.35. The number of carboxylic acids is 1. The molecule has 0 radical (unpaired) electrons. The molecule has 0 unspecified atom stereocenters. The van der Waals surface area contributed by atoms with Crippen LogP contribution in [0, 0.1) is 0 Å². The van der Waals surface area contributed by atoms with E-state index in [1.165, 1.54) is 11.3 Å². The summed E-state index contributed by atoms with van der Waals surface area (Å²) >= 11 is 8.01. The zero-order valence-corrected chi connectivity index (χ0v) is 14.1. The summed E-state index contributed by atoms with van der Waals surface area (Å²) in [5.41, 5.74) is 0.569. The van der Waals surface area contributed by atoms with Gasteiger partial charge in [-0.25, -0.2) is 0 Å². The Balaban J connectivity index is 2.29. The van der Waals surface area contributed by atoms with E-state index in [0.717, 1.165) is 36.1 Å². The number of thiophene rings is 1. The third kappa shape index (κ3) is 3.38. The largest absolute Gasteiger partial charge is 0.481 e. The Kier molecular flexibility index (Phi) is 5.03. The molecular weight excluding hydrogens is 398 g/mol. The fourth-order valence-electron chi connectivity index (χ4n) is 2.14. The monoisotopic (exact) mass is 409 g/mol. The predicted molar refractivity (Wildman–Crippen MR) is 80.8 cm³/mol. The molecule has 19 heavy (non-hydrogen) atoms. The van der Waals surface area contributed by atoms with Gasteiger partial charge in [0.15, 0.2) is 0 Å². The Bertz CT molecular complexity index is 509. The van der Waals surface area contributed by atoms with Crippen molar-refractivity contribution < 1.29 is 14.7 Å². The van der Waals surface area contributed by atoms with E-state index in [0.29, 0.717) is 14.9 Å². The first kappa shape index (κ1) is 15.0. The smallest absolute Gasteiger partial charge is 0.307 e. The molecule has 0 aromatic carbocycles. The maximum absolute atomic E-state index is 12.5. The highest BCUT2D eigenvalue weighted by molar-refractivity contribution is 9.13. The summed E-state index contributed by atoms with van der Waals surface area (Å²) in [7, 11) is 0. The molecule has 1 aliphatic rings. The normalized spacial score (nSPS) is 15.6. The molecule has 1 aromatic heterocycles. The lowest BCUT2D eigenvalue weighted by Gasteiger charge is -2.26. The highest BCUT2D eigenvalue weighted by Gasteiger charge is 2.26. The van der Waals surface area contributed by atoms with Crippen LogP contribution in [0.5, 0.6) is 0 Å². The molecule has 1 N–H and O–H groups in total. The van der Waals surface area contributed by atoms with Gasteiger partial charge in [-0.05, 0) is 51.1 Å². The molecule has 2 heterocycles. The Morgan fingerprint density at radius 1 is 1.21 bits per heavy atom. The van der Waals surface area contributed by atoms with E-state index >= 15 is 0 Å². The molecule has 4 nitrogen and oxygen atoms in total. The number of hydrogen-bond acceptors (Lipinski definition) is 3. The van der Waals surface area contributed by atoms with Gasteiger partial charge in [0, 0.05) is 23.1 Å². The van der Waals surface area contributed by atoms with E-state index < -0.39 is 5.97 Å². The van der Waals surface area contributed by atoms with E-state index in [1.807, 2.05) is 4.90 Å². The molecule has 2 rings (SSSR count). The standard InChI is InChI=1S/C12H13Br2NO3S/c13-9-7(6-8(16)17)10(19-11(9)14)12(18)15-4-2-1-3-5-15/h1-6H2,(H,16,17). The van der Waals surface area contributed by atoms with Crippen molar-refractivity contribution in [2.75, 3.05) is 13.1 Å². The second-order valence-corrected chi connectivity index (χ2v) is 7.55. The van der Waals surface area contributed by atoms with Crippen LogP contribution in [0.3, 0.4) is 0 Å². The third-order valence-corrected chi connectivity index (χ3v) is 6.63. The van der Waals surface area contributed by atoms with Crippen LogP contribution in [-0.4, -0.2) is 35.0 Å². The topological polar surface area (TPSA) is 57.6 Å². The summed E-state index contributed by atoms with van der Waals surface area (Å²) in [6.45, 7) is 1.52. The summed E-state index contributed by atoms with van der Waals surface area (Å²) in [6, 6.07) is 0. The molecule has 7 heteroatoms. The number of aliphatic carboxylic acids is 1. The zero-order chi connectivity index (χ0) is 14.0. The minimum atomic E-state index is -0.932. The highest BCUT2D eigenvalue weighted by Crippen LogP contribution is 2.38. The number of amides is 1. The molecule has 0 aliphatic carbocycles. The van der Waals surface area contributed by atoms with E-state index in [9.17, 15) is 9.59 Å². The number of carbonyl (C=O) groups is 2. The van der Waals surface area contributed by atoms with E-state index in [4.69, 9.17) is 5.11 Å². The van der Waals surface area contributed by atoms with Crippen molar-refractivity contribution in [1.82, 2.24) is 4.90 Å². The van der Waals surface area contributed by atoms with Gasteiger partial charge < -0.3 is 10.0 Å². The van der Waals surface area contributed by atoms with Crippen LogP contribution in [0.2, 0.25) is 0 Å². The Morgan fingerprint density at radius 2 is 1.84 bits per heavy atom. The van der Waals surface area contributed by atoms with Crippen molar-refractivity contribution in [3.05, 3.63) is 18.7 Å². The first-order valence-electron chi connectivity index (χ1n) is 5.98. The predicted octanol–water partition coefficient (Wildman–Crippen LogP) is 3.53. The summed E-state index contributed by atoms with van der Waals surface area (Å²) in [4.78, 5) is 25.7. The van der Waals surface area contributed by atoms with Crippen LogP contribution in [-0.2, 0) is 11.2 Å². The number of hydrogen-bond donors (Lipinski definition) is 1. The van der Waals surface area contributed by atoms with Crippen molar-refractivity contribution in [2.45, 2.75) is 25.7 Å². The van der Waals surface area contributed by atoms with Gasteiger partial charge in [-0.2, -0.15) is 0 Å². The maximum Gasteiger partial charge on any atom is 0.307 e. The highest BCUT2D eigenvalue weighted by atomic mass is 79.9. The minimum absolute atomic E-state index is 0.0487. The molecule has 1 saturated heterocycles. The molecule has 1 amide bonds. The van der Waals surface area contributed by atoms with Crippen molar-refractivity contribution in [3.63, 3.8) is 0 Å². The molecule has 0 saturated carbocycles. The van der Waals surface area contributed by atoms with Gasteiger partial charge in [0.05, 0.1) is 15.1 Å². The van der Waals surface area contributed by atoms with Gasteiger partial charge in [-0.3, -0.25) is 9.59 Å². The first-order chi connectivity index (χ1) is 9.00. The summed E-state index contributed by atoms with van der Waals surface area (Å²) in [5.74, 6) is -0.981. The van der Waals surface area contributed by atoms with Gasteiger partial charge in [-0.1, -0.05) is 0 Å². The van der Waals surface area contributed by atoms with Crippen LogP contribution in [0.25, 0.3) is 0 Å². The number of nitrogens with zero attached hydrogens (tertiary/aromatic N) is 1. The van der Waals surface area contributed by atoms with Crippen LogP contribution in [0.1, 0.15) is 34.5 Å². The first-order valence-corrected chi connectivity index (χ1v) is 8.38. The third-order valence-electron chi connectivity index (χ3n) is 3.07. The second-order valence-electron chi connectivity index (χ2n) is 4.42. The second kappa shape index (κ2) is 6.37. The molecule has 1 fully saturated rings. The Morgan fingerprint density at radius 3 is 2.42 bits per heavy atom. The lowest BCUT2D eigenvalue weighted by molar-refractivity contribution is -0.136. The van der Waals surface area contributed by atoms with Crippen molar-refractivity contribution >= 4 is 55.1 Å². The molecule has 0 bridgehead atoms. The summed E-state index contributed by atoms with van der Waals surface area (Å²) in [5, 5.41) is 8.96. The van der Waals surface area contributed by atoms with Crippen LogP contribution >= 0.6 is 43.2 Å². The van der Waals surface area contributed by atoms with Crippen molar-refractivity contribution in [1.29, 1.82) is 0 Å². The van der Waals surface area contributed by atoms with Gasteiger partial charge in [0.25, 0.3) is 5.91 Å². The number of piperidine rings is 1. The van der Waals surface area contributed by atoms with Crippen LogP contribution in [0.4, 0.5) is 0 Å². The number of rotatable bonds is 3. The molecular formula is C12H13Br2NO3S. The number of carbonyl (C=O) groups excluding carboxylic acids is 1. The van der Waals surface area contributed by atoms with Crippen LogP contribution in [0.15, 0.2) is 8.26 Å². The number of halogens is 2. The minimum Gasteiger partial charge on any atom is -0.481 e. The molecule has 0 atom stereocenters. The fraction of sp³-hybridized carbons (Fsp3) is 0.500. The quantitative estimate of drug-likeness (QED) is 0.829. The van der Waals surface area contributed by atoms with E-state index in [-0.39, 0.29) is 12.3 Å². The molecule has 1 aliphatic heterocycles. The van der Waals surface area contributed by atoms with E-state index in [1.54, 1.807) is 0 Å². The van der Waals surface area contributed by atoms with Crippen LogP contribution < -0.4 is 0 Å². The average Bonchev–Trinajstić information content (AvgIpc) is 2.67. The van der Waals surface area contributed by atoms with E-state index in [2.05, 4.69) is 31.9 Å². The molecule has 104 valence electrons. The summed E-state index contributed by atoms with van der Waals surface area (Å²) in [6.07, 6.45) is 3.06. The van der Waals surface area contributed by atoms with Crippen molar-refractivity contribution in [2.24, 2.45) is 0 Å². The number of likely N-dealkylation sites (tertiary alicyclic amines) is 1. The van der Waals surface area contributed by atoms with Gasteiger partial charge in [0.2, 0.25) is 0 Å². The average molecular weight is 411 g/mol. The Hall–Kier alpha value is -0.400.